The molecular formula is C11H13N5O4. The Morgan fingerprint density at radius 1 is 1.20 bits per heavy atom. The van der Waals surface area contributed by atoms with E-state index in [0.29, 0.717) is 5.82 Å². The first-order valence-electron chi connectivity index (χ1n) is 6.55. The number of hydrogen-bond acceptors (Lipinski definition) is 8. The number of hydrogen-bond donors (Lipinski definition) is 0. The van der Waals surface area contributed by atoms with Crippen molar-refractivity contribution in [3.8, 4) is 0 Å². The van der Waals surface area contributed by atoms with E-state index in [2.05, 4.69) is 15.5 Å². The molecule has 0 aromatic carbocycles. The predicted molar refractivity (Wildman–Crippen MR) is 60.8 cm³/mol. The van der Waals surface area contributed by atoms with Crippen LogP contribution in [0.5, 0.6) is 0 Å². The molecule has 1 spiro atoms. The van der Waals surface area contributed by atoms with Crippen LogP contribution in [-0.2, 0) is 26.1 Å². The molecule has 2 bridgehead atoms. The van der Waals surface area contributed by atoms with Crippen LogP contribution >= 0.6 is 0 Å². The number of piperidine rings is 3. The molecule has 4 aliphatic heterocycles. The van der Waals surface area contributed by atoms with Crippen LogP contribution < -0.4 is 0 Å². The Labute approximate surface area is 113 Å². The molecule has 0 amide bonds. The Bertz CT molecular complexity index is 575. The topological polar surface area (TPSA) is 99.4 Å². The highest BCUT2D eigenvalue weighted by atomic mass is 16.8. The number of tetrazole rings is 1. The van der Waals surface area contributed by atoms with E-state index in [0.717, 1.165) is 25.9 Å². The van der Waals surface area contributed by atoms with Gasteiger partial charge in [0.25, 0.3) is 0 Å². The molecule has 0 saturated carbocycles. The number of carbonyl (C=O) groups excluding carboxylic acids is 2. The van der Waals surface area contributed by atoms with Gasteiger partial charge in [-0.25, -0.2) is 19.2 Å². The maximum atomic E-state index is 11.5. The number of carbonyl (C=O) groups is 2. The van der Waals surface area contributed by atoms with Crippen LogP contribution in [0.1, 0.15) is 24.6 Å². The van der Waals surface area contributed by atoms with E-state index in [4.69, 9.17) is 9.47 Å². The van der Waals surface area contributed by atoms with Gasteiger partial charge >= 0.3 is 17.8 Å². The Morgan fingerprint density at radius 3 is 2.40 bits per heavy atom. The number of nitrogens with zero attached hydrogens (tertiary/aromatic N) is 5. The van der Waals surface area contributed by atoms with Crippen molar-refractivity contribution in [2.45, 2.75) is 24.7 Å². The van der Waals surface area contributed by atoms with Crippen LogP contribution in [0.3, 0.4) is 0 Å². The molecule has 20 heavy (non-hydrogen) atoms. The summed E-state index contributed by atoms with van der Waals surface area (Å²) in [6, 6.07) is 0. The van der Waals surface area contributed by atoms with Crippen molar-refractivity contribution in [3.05, 3.63) is 5.82 Å². The summed E-state index contributed by atoms with van der Waals surface area (Å²) in [5.74, 6) is -2.81. The van der Waals surface area contributed by atoms with Crippen LogP contribution in [0.4, 0.5) is 0 Å². The first-order valence-corrected chi connectivity index (χ1v) is 6.55. The van der Waals surface area contributed by atoms with Crippen molar-refractivity contribution < 1.29 is 19.1 Å². The number of aryl methyl sites for hydroxylation is 1. The standard InChI is InChI=1S/C11H13N5O4/c1-15-8(12-13-14-15)7-6-2-4-16(5-3-6)11(7)19-9(17)10(18)20-11/h6-7H,2-5H2,1H3. The maximum Gasteiger partial charge on any atom is 0.421 e. The second-order valence-electron chi connectivity index (χ2n) is 5.37. The molecule has 5 rings (SSSR count). The fourth-order valence-corrected chi connectivity index (χ4v) is 3.54. The first kappa shape index (κ1) is 11.8. The minimum Gasteiger partial charge on any atom is -0.399 e. The smallest absolute Gasteiger partial charge is 0.399 e. The molecule has 1 atom stereocenters. The highest BCUT2D eigenvalue weighted by molar-refractivity contribution is 6.31. The minimum atomic E-state index is -1.36. The molecule has 0 N–H and O–H groups in total. The van der Waals surface area contributed by atoms with Gasteiger partial charge in [0.1, 0.15) is 5.92 Å². The second kappa shape index (κ2) is 3.75. The van der Waals surface area contributed by atoms with Crippen LogP contribution in [0.2, 0.25) is 0 Å². The summed E-state index contributed by atoms with van der Waals surface area (Å²) in [7, 11) is 1.72. The number of ether oxygens (including phenoxy) is 2. The fraction of sp³-hybridized carbons (Fsp3) is 0.727. The molecule has 1 aromatic rings. The average molecular weight is 279 g/mol. The number of esters is 2. The van der Waals surface area contributed by atoms with E-state index in [-0.39, 0.29) is 11.8 Å². The molecule has 5 heterocycles. The summed E-state index contributed by atoms with van der Waals surface area (Å²) in [6.45, 7) is 1.46. The molecule has 4 aliphatic rings. The lowest BCUT2D eigenvalue weighted by Crippen LogP contribution is -2.64. The average Bonchev–Trinajstić information content (AvgIpc) is 2.97. The van der Waals surface area contributed by atoms with Crippen molar-refractivity contribution in [2.75, 3.05) is 13.1 Å². The molecule has 0 radical (unpaired) electrons. The lowest BCUT2D eigenvalue weighted by molar-refractivity contribution is -0.300. The largest absolute Gasteiger partial charge is 0.421 e. The summed E-state index contributed by atoms with van der Waals surface area (Å²) in [4.78, 5) is 25.0. The first-order chi connectivity index (χ1) is 9.62. The lowest BCUT2D eigenvalue weighted by atomic mass is 9.75. The zero-order valence-corrected chi connectivity index (χ0v) is 10.9. The molecule has 9 nitrogen and oxygen atoms in total. The Balaban J connectivity index is 1.84. The van der Waals surface area contributed by atoms with Gasteiger partial charge in [-0.05, 0) is 29.2 Å². The fourth-order valence-electron chi connectivity index (χ4n) is 3.54. The molecule has 1 unspecified atom stereocenters. The monoisotopic (exact) mass is 279 g/mol. The van der Waals surface area contributed by atoms with E-state index in [9.17, 15) is 9.59 Å². The zero-order valence-electron chi connectivity index (χ0n) is 10.9. The summed E-state index contributed by atoms with van der Waals surface area (Å²) < 4.78 is 12.2. The number of rotatable bonds is 1. The van der Waals surface area contributed by atoms with Gasteiger partial charge in [0.2, 0.25) is 0 Å². The quantitative estimate of drug-likeness (QED) is 0.465. The highest BCUT2D eigenvalue weighted by Gasteiger charge is 2.66. The van der Waals surface area contributed by atoms with Gasteiger partial charge in [0.15, 0.2) is 5.82 Å². The van der Waals surface area contributed by atoms with E-state index < -0.39 is 17.8 Å². The van der Waals surface area contributed by atoms with Gasteiger partial charge in [0, 0.05) is 20.1 Å². The number of fused-ring (bicyclic) bond motifs is 2. The summed E-state index contributed by atoms with van der Waals surface area (Å²) >= 11 is 0. The molecule has 1 aromatic heterocycles. The second-order valence-corrected chi connectivity index (χ2v) is 5.37. The molecule has 4 fully saturated rings. The van der Waals surface area contributed by atoms with Gasteiger partial charge in [-0.1, -0.05) is 0 Å². The minimum absolute atomic E-state index is 0.225. The zero-order chi connectivity index (χ0) is 13.9. The van der Waals surface area contributed by atoms with Crippen LogP contribution in [-0.4, -0.2) is 56.0 Å². The van der Waals surface area contributed by atoms with Crippen molar-refractivity contribution in [2.24, 2.45) is 13.0 Å². The Morgan fingerprint density at radius 2 is 1.85 bits per heavy atom. The van der Waals surface area contributed by atoms with Gasteiger partial charge in [-0.3, -0.25) is 0 Å². The summed E-state index contributed by atoms with van der Waals surface area (Å²) in [5.41, 5.74) is 0. The third-order valence-electron chi connectivity index (χ3n) is 4.42. The molecule has 9 heteroatoms. The van der Waals surface area contributed by atoms with Gasteiger partial charge in [-0.2, -0.15) is 0 Å². The molecular weight excluding hydrogens is 266 g/mol. The Hall–Kier alpha value is -2.03. The summed E-state index contributed by atoms with van der Waals surface area (Å²) in [5, 5.41) is 11.5. The SMILES string of the molecule is Cn1nnnc1C1C2CCN(CC2)C12OC(=O)C(=O)O2. The number of aromatic nitrogens is 4. The summed E-state index contributed by atoms with van der Waals surface area (Å²) in [6.07, 6.45) is 1.88. The van der Waals surface area contributed by atoms with Crippen LogP contribution in [0.25, 0.3) is 0 Å². The van der Waals surface area contributed by atoms with Gasteiger partial charge < -0.3 is 9.47 Å². The van der Waals surface area contributed by atoms with Gasteiger partial charge in [-0.15, -0.1) is 5.10 Å². The third kappa shape index (κ3) is 1.33. The van der Waals surface area contributed by atoms with Crippen LogP contribution in [0, 0.1) is 5.92 Å². The van der Waals surface area contributed by atoms with Crippen molar-refractivity contribution >= 4 is 11.9 Å². The van der Waals surface area contributed by atoms with Gasteiger partial charge in [0.05, 0.1) is 0 Å². The van der Waals surface area contributed by atoms with Crippen molar-refractivity contribution in [1.29, 1.82) is 0 Å². The van der Waals surface area contributed by atoms with Crippen LogP contribution in [0.15, 0.2) is 0 Å². The molecule has 0 aliphatic carbocycles. The molecule has 4 saturated heterocycles. The highest BCUT2D eigenvalue weighted by Crippen LogP contribution is 2.51. The van der Waals surface area contributed by atoms with Crippen molar-refractivity contribution in [3.63, 3.8) is 0 Å². The van der Waals surface area contributed by atoms with E-state index >= 15 is 0 Å². The Kier molecular flexibility index (Phi) is 2.21. The van der Waals surface area contributed by atoms with E-state index in [1.54, 1.807) is 7.05 Å². The lowest BCUT2D eigenvalue weighted by Gasteiger charge is -2.52. The van der Waals surface area contributed by atoms with E-state index in [1.807, 2.05) is 4.90 Å². The molecule has 106 valence electrons. The third-order valence-corrected chi connectivity index (χ3v) is 4.42. The van der Waals surface area contributed by atoms with Crippen molar-refractivity contribution in [1.82, 2.24) is 25.1 Å². The van der Waals surface area contributed by atoms with E-state index in [1.165, 1.54) is 4.68 Å². The normalized spacial score (nSPS) is 34.4. The maximum absolute atomic E-state index is 11.5. The predicted octanol–water partition coefficient (Wildman–Crippen LogP) is -1.23.